The van der Waals surface area contributed by atoms with Gasteiger partial charge in [-0.25, -0.2) is 5.10 Å². The molecule has 1 aromatic heterocycles. The number of nitrogens with zero attached hydrogens (tertiary/aromatic N) is 2. The number of rotatable bonds is 1. The summed E-state index contributed by atoms with van der Waals surface area (Å²) in [6, 6.07) is 0. The van der Waals surface area contributed by atoms with Gasteiger partial charge in [0.1, 0.15) is 5.02 Å². The Kier molecular flexibility index (Phi) is 2.22. The lowest BCUT2D eigenvalue weighted by Gasteiger charge is -2.17. The molecule has 5 heteroatoms. The Bertz CT molecular complexity index is 357. The molecule has 69 valence electrons. The van der Waals surface area contributed by atoms with Crippen LogP contribution in [0.3, 0.4) is 0 Å². The van der Waals surface area contributed by atoms with E-state index in [1.165, 1.54) is 0 Å². The Hall–Kier alpha value is -1.03. The lowest BCUT2D eigenvalue weighted by molar-refractivity contribution is 0.923. The van der Waals surface area contributed by atoms with Crippen molar-refractivity contribution in [1.82, 2.24) is 10.2 Å². The van der Waals surface area contributed by atoms with Crippen molar-refractivity contribution in [3.05, 3.63) is 28.0 Å². The summed E-state index contributed by atoms with van der Waals surface area (Å²) >= 11 is 5.83. The van der Waals surface area contributed by atoms with Crippen molar-refractivity contribution in [2.75, 3.05) is 18.0 Å². The zero-order valence-corrected chi connectivity index (χ0v) is 7.71. The number of hydrogen-bond donors (Lipinski definition) is 1. The predicted octanol–water partition coefficient (Wildman–Crippen LogP) is 0.838. The topological polar surface area (TPSA) is 49.0 Å². The summed E-state index contributed by atoms with van der Waals surface area (Å²) in [6.07, 6.45) is 4.77. The highest BCUT2D eigenvalue weighted by Gasteiger charge is 2.16. The van der Waals surface area contributed by atoms with E-state index >= 15 is 0 Å². The van der Waals surface area contributed by atoms with Crippen molar-refractivity contribution in [1.29, 1.82) is 0 Å². The Morgan fingerprint density at radius 2 is 2.46 bits per heavy atom. The molecule has 1 aliphatic rings. The summed E-state index contributed by atoms with van der Waals surface area (Å²) in [7, 11) is 0. The maximum atomic E-state index is 11.1. The van der Waals surface area contributed by atoms with Crippen LogP contribution in [0, 0.1) is 6.42 Å². The average Bonchev–Trinajstić information content (AvgIpc) is 2.62. The zero-order valence-electron chi connectivity index (χ0n) is 6.96. The zero-order chi connectivity index (χ0) is 9.26. The summed E-state index contributed by atoms with van der Waals surface area (Å²) in [5.74, 6) is 0. The van der Waals surface area contributed by atoms with Crippen LogP contribution in [0.15, 0.2) is 11.0 Å². The second-order valence-corrected chi connectivity index (χ2v) is 3.30. The number of hydrogen-bond acceptors (Lipinski definition) is 3. The van der Waals surface area contributed by atoms with Gasteiger partial charge in [0.2, 0.25) is 0 Å². The molecule has 13 heavy (non-hydrogen) atoms. The molecule has 0 aliphatic carbocycles. The lowest BCUT2D eigenvalue weighted by Crippen LogP contribution is -2.22. The van der Waals surface area contributed by atoms with Gasteiger partial charge in [-0.2, -0.15) is 5.10 Å². The van der Waals surface area contributed by atoms with Crippen LogP contribution in [0.2, 0.25) is 5.02 Å². The summed E-state index contributed by atoms with van der Waals surface area (Å²) in [6.45, 7) is 1.75. The maximum absolute atomic E-state index is 11.1. The Labute approximate surface area is 80.5 Å². The molecule has 1 fully saturated rings. The van der Waals surface area contributed by atoms with Crippen molar-refractivity contribution in [2.24, 2.45) is 0 Å². The predicted molar refractivity (Wildman–Crippen MR) is 51.0 cm³/mol. The smallest absolute Gasteiger partial charge is 0.285 e. The van der Waals surface area contributed by atoms with Crippen LogP contribution in [0.1, 0.15) is 6.42 Å². The first-order valence-electron chi connectivity index (χ1n) is 4.09. The molecule has 0 spiro atoms. The Morgan fingerprint density at radius 3 is 3.15 bits per heavy atom. The molecule has 4 nitrogen and oxygen atoms in total. The van der Waals surface area contributed by atoms with Gasteiger partial charge in [-0.15, -0.1) is 0 Å². The molecule has 1 N–H and O–H groups in total. The molecule has 0 aromatic carbocycles. The fourth-order valence-corrected chi connectivity index (χ4v) is 1.61. The SMILES string of the molecule is O=c1[nH]ncc(N2C[CH]CC2)c1Cl. The summed E-state index contributed by atoms with van der Waals surface area (Å²) in [4.78, 5) is 13.1. The minimum atomic E-state index is -0.328. The van der Waals surface area contributed by atoms with Crippen LogP contribution in [-0.4, -0.2) is 23.3 Å². The molecule has 0 unspecified atom stereocenters. The minimum Gasteiger partial charge on any atom is -0.369 e. The number of halogens is 1. The molecule has 0 saturated carbocycles. The first-order valence-corrected chi connectivity index (χ1v) is 4.46. The van der Waals surface area contributed by atoms with E-state index in [9.17, 15) is 4.79 Å². The number of H-pyrrole nitrogens is 1. The molecule has 1 aromatic rings. The first kappa shape index (κ1) is 8.56. The second kappa shape index (κ2) is 3.38. The van der Waals surface area contributed by atoms with Gasteiger partial charge in [0.05, 0.1) is 11.9 Å². The van der Waals surface area contributed by atoms with E-state index in [1.807, 2.05) is 4.90 Å². The maximum Gasteiger partial charge on any atom is 0.285 e. The lowest BCUT2D eigenvalue weighted by atomic mass is 10.4. The first-order chi connectivity index (χ1) is 6.29. The largest absolute Gasteiger partial charge is 0.369 e. The molecule has 2 rings (SSSR count). The molecule has 1 radical (unpaired) electrons. The quantitative estimate of drug-likeness (QED) is 0.728. The van der Waals surface area contributed by atoms with Gasteiger partial charge in [0.15, 0.2) is 0 Å². The van der Waals surface area contributed by atoms with Crippen molar-refractivity contribution < 1.29 is 0 Å². The highest BCUT2D eigenvalue weighted by molar-refractivity contribution is 6.33. The van der Waals surface area contributed by atoms with Crippen LogP contribution in [-0.2, 0) is 0 Å². The molecular weight excluding hydrogens is 190 g/mol. The van der Waals surface area contributed by atoms with Crippen molar-refractivity contribution in [2.45, 2.75) is 6.42 Å². The number of aromatic amines is 1. The van der Waals surface area contributed by atoms with Crippen LogP contribution in [0.4, 0.5) is 5.69 Å². The summed E-state index contributed by atoms with van der Waals surface area (Å²) < 4.78 is 0. The number of anilines is 1. The standard InChI is InChI=1S/C8H9ClN3O/c9-7-6(5-10-11-8(7)13)12-3-1-2-4-12/h1,5H,2-4H2,(H,11,13). The molecule has 0 bridgehead atoms. The van der Waals surface area contributed by atoms with E-state index in [-0.39, 0.29) is 10.6 Å². The monoisotopic (exact) mass is 198 g/mol. The Balaban J connectivity index is 2.39. The van der Waals surface area contributed by atoms with Gasteiger partial charge < -0.3 is 4.90 Å². The summed E-state index contributed by atoms with van der Waals surface area (Å²) in [5, 5.41) is 6.23. The van der Waals surface area contributed by atoms with Crippen LogP contribution < -0.4 is 10.5 Å². The highest BCUT2D eigenvalue weighted by atomic mass is 35.5. The molecule has 2 heterocycles. The minimum absolute atomic E-state index is 0.227. The molecule has 1 aliphatic heterocycles. The van der Waals surface area contributed by atoms with Gasteiger partial charge in [0.25, 0.3) is 5.56 Å². The molecule has 0 atom stereocenters. The third-order valence-corrected chi connectivity index (χ3v) is 2.44. The van der Waals surface area contributed by atoms with Gasteiger partial charge in [-0.1, -0.05) is 11.6 Å². The molecular formula is C8H9ClN3O. The van der Waals surface area contributed by atoms with Crippen LogP contribution in [0.25, 0.3) is 0 Å². The molecule has 1 saturated heterocycles. The van der Waals surface area contributed by atoms with Gasteiger partial charge in [0, 0.05) is 13.1 Å². The fourth-order valence-electron chi connectivity index (χ4n) is 1.40. The highest BCUT2D eigenvalue weighted by Crippen LogP contribution is 2.23. The fraction of sp³-hybridized carbons (Fsp3) is 0.375. The van der Waals surface area contributed by atoms with E-state index in [0.717, 1.165) is 25.2 Å². The van der Waals surface area contributed by atoms with Gasteiger partial charge >= 0.3 is 0 Å². The van der Waals surface area contributed by atoms with Gasteiger partial charge in [-0.3, -0.25) is 4.79 Å². The van der Waals surface area contributed by atoms with Crippen molar-refractivity contribution in [3.63, 3.8) is 0 Å². The van der Waals surface area contributed by atoms with Crippen LogP contribution in [0.5, 0.6) is 0 Å². The van der Waals surface area contributed by atoms with E-state index < -0.39 is 0 Å². The number of aromatic nitrogens is 2. The van der Waals surface area contributed by atoms with Gasteiger partial charge in [-0.05, 0) is 12.8 Å². The summed E-state index contributed by atoms with van der Waals surface area (Å²) in [5.41, 5.74) is 0.394. The third-order valence-electron chi connectivity index (χ3n) is 2.07. The normalized spacial score (nSPS) is 16.5. The van der Waals surface area contributed by atoms with Crippen LogP contribution >= 0.6 is 11.6 Å². The second-order valence-electron chi connectivity index (χ2n) is 2.92. The van der Waals surface area contributed by atoms with E-state index in [2.05, 4.69) is 16.6 Å². The third kappa shape index (κ3) is 1.54. The van der Waals surface area contributed by atoms with E-state index in [1.54, 1.807) is 6.20 Å². The molecule has 0 amide bonds. The average molecular weight is 199 g/mol. The van der Waals surface area contributed by atoms with Crippen molar-refractivity contribution in [3.8, 4) is 0 Å². The van der Waals surface area contributed by atoms with E-state index in [0.29, 0.717) is 0 Å². The van der Waals surface area contributed by atoms with Crippen molar-refractivity contribution >= 4 is 17.3 Å². The van der Waals surface area contributed by atoms with E-state index in [4.69, 9.17) is 11.6 Å². The Morgan fingerprint density at radius 1 is 1.62 bits per heavy atom. The number of nitrogens with one attached hydrogen (secondary N) is 1.